The third-order valence-electron chi connectivity index (χ3n) is 5.58. The number of aryl methyl sites for hydroxylation is 1. The van der Waals surface area contributed by atoms with Gasteiger partial charge in [0.05, 0.1) is 0 Å². The van der Waals surface area contributed by atoms with E-state index in [4.69, 9.17) is 11.6 Å². The lowest BCUT2D eigenvalue weighted by Crippen LogP contribution is -2.50. The van der Waals surface area contributed by atoms with Crippen LogP contribution in [0.2, 0.25) is 5.02 Å². The maximum atomic E-state index is 13.5. The Kier molecular flexibility index (Phi) is 9.52. The number of rotatable bonds is 11. The van der Waals surface area contributed by atoms with Crippen molar-refractivity contribution in [1.82, 2.24) is 10.2 Å². The van der Waals surface area contributed by atoms with Crippen molar-refractivity contribution in [2.24, 2.45) is 0 Å². The summed E-state index contributed by atoms with van der Waals surface area (Å²) in [6, 6.07) is 26.6. The molecule has 0 spiro atoms. The lowest BCUT2D eigenvalue weighted by atomic mass is 10.0. The van der Waals surface area contributed by atoms with E-state index in [1.54, 1.807) is 4.90 Å². The van der Waals surface area contributed by atoms with Crippen molar-refractivity contribution in [2.75, 3.05) is 6.54 Å². The highest BCUT2D eigenvalue weighted by molar-refractivity contribution is 6.31. The van der Waals surface area contributed by atoms with Gasteiger partial charge in [-0.1, -0.05) is 97.4 Å². The van der Waals surface area contributed by atoms with Crippen LogP contribution in [-0.4, -0.2) is 29.3 Å². The zero-order valence-corrected chi connectivity index (χ0v) is 19.8. The normalized spacial score (nSPS) is 11.6. The Balaban J connectivity index is 1.87. The molecule has 0 unspecified atom stereocenters. The van der Waals surface area contributed by atoms with Crippen molar-refractivity contribution in [1.29, 1.82) is 0 Å². The number of nitrogens with one attached hydrogen (secondary N) is 1. The average Bonchev–Trinajstić information content (AvgIpc) is 2.85. The first-order valence-corrected chi connectivity index (χ1v) is 11.8. The molecule has 0 aliphatic heterocycles. The van der Waals surface area contributed by atoms with Crippen LogP contribution >= 0.6 is 11.6 Å². The molecule has 1 atom stereocenters. The summed E-state index contributed by atoms with van der Waals surface area (Å²) in [5.74, 6) is -0.186. The maximum Gasteiger partial charge on any atom is 0.243 e. The molecule has 33 heavy (non-hydrogen) atoms. The van der Waals surface area contributed by atoms with Crippen LogP contribution in [0.1, 0.15) is 36.5 Å². The number of hydrogen-bond donors (Lipinski definition) is 1. The number of carbonyl (C=O) groups excluding carboxylic acids is 2. The van der Waals surface area contributed by atoms with Crippen molar-refractivity contribution in [3.05, 3.63) is 107 Å². The molecule has 0 radical (unpaired) electrons. The molecule has 0 saturated carbocycles. The standard InChI is InChI=1S/C28H31ClN2O2/c1-2-19-30-28(33)26(20-22-11-5-3-6-12-22)31(21-23-13-7-4-8-14-23)27(32)18-17-24-15-9-10-16-25(24)29/h3-16,26H,2,17-21H2,1H3,(H,30,33)/t26-/m1/s1. The topological polar surface area (TPSA) is 49.4 Å². The van der Waals surface area contributed by atoms with Gasteiger partial charge in [-0.15, -0.1) is 0 Å². The average molecular weight is 463 g/mol. The fourth-order valence-electron chi connectivity index (χ4n) is 3.79. The van der Waals surface area contributed by atoms with E-state index in [1.807, 2.05) is 91.9 Å². The van der Waals surface area contributed by atoms with Gasteiger partial charge in [0.2, 0.25) is 11.8 Å². The van der Waals surface area contributed by atoms with E-state index in [2.05, 4.69) is 5.32 Å². The second kappa shape index (κ2) is 12.8. The molecule has 2 amide bonds. The van der Waals surface area contributed by atoms with Gasteiger partial charge in [0.15, 0.2) is 0 Å². The number of amides is 2. The molecular weight excluding hydrogens is 432 g/mol. The van der Waals surface area contributed by atoms with Gasteiger partial charge in [-0.25, -0.2) is 0 Å². The van der Waals surface area contributed by atoms with Crippen molar-refractivity contribution >= 4 is 23.4 Å². The predicted octanol–water partition coefficient (Wildman–Crippen LogP) is 5.44. The fourth-order valence-corrected chi connectivity index (χ4v) is 4.02. The van der Waals surface area contributed by atoms with Gasteiger partial charge in [0, 0.05) is 31.0 Å². The lowest BCUT2D eigenvalue weighted by molar-refractivity contribution is -0.141. The molecule has 0 bridgehead atoms. The highest BCUT2D eigenvalue weighted by atomic mass is 35.5. The van der Waals surface area contributed by atoms with Crippen LogP contribution in [-0.2, 0) is 29.0 Å². The predicted molar refractivity (Wildman–Crippen MR) is 134 cm³/mol. The molecule has 1 N–H and O–H groups in total. The van der Waals surface area contributed by atoms with Gasteiger partial charge in [-0.2, -0.15) is 0 Å². The summed E-state index contributed by atoms with van der Waals surface area (Å²) in [5.41, 5.74) is 2.94. The fraction of sp³-hybridized carbons (Fsp3) is 0.286. The molecule has 3 aromatic rings. The van der Waals surface area contributed by atoms with Crippen molar-refractivity contribution < 1.29 is 9.59 Å². The number of hydrogen-bond acceptors (Lipinski definition) is 2. The summed E-state index contributed by atoms with van der Waals surface area (Å²) in [4.78, 5) is 28.5. The van der Waals surface area contributed by atoms with E-state index in [-0.39, 0.29) is 18.2 Å². The number of carbonyl (C=O) groups is 2. The van der Waals surface area contributed by atoms with Crippen LogP contribution in [0.15, 0.2) is 84.9 Å². The minimum Gasteiger partial charge on any atom is -0.354 e. The number of halogens is 1. The van der Waals surface area contributed by atoms with Crippen LogP contribution in [0.4, 0.5) is 0 Å². The Hall–Kier alpha value is -3.11. The Bertz CT molecular complexity index is 1020. The molecule has 4 nitrogen and oxygen atoms in total. The summed E-state index contributed by atoms with van der Waals surface area (Å²) in [5, 5.41) is 3.66. The minimum absolute atomic E-state index is 0.0636. The maximum absolute atomic E-state index is 13.5. The van der Waals surface area contributed by atoms with Crippen LogP contribution in [0.5, 0.6) is 0 Å². The minimum atomic E-state index is -0.599. The smallest absolute Gasteiger partial charge is 0.243 e. The van der Waals surface area contributed by atoms with E-state index < -0.39 is 6.04 Å². The van der Waals surface area contributed by atoms with Crippen LogP contribution in [0, 0.1) is 0 Å². The van der Waals surface area contributed by atoms with E-state index in [9.17, 15) is 9.59 Å². The third-order valence-corrected chi connectivity index (χ3v) is 5.95. The third kappa shape index (κ3) is 7.47. The highest BCUT2D eigenvalue weighted by Crippen LogP contribution is 2.20. The zero-order valence-electron chi connectivity index (χ0n) is 19.0. The molecule has 3 aromatic carbocycles. The Labute approximate surface area is 201 Å². The number of benzene rings is 3. The van der Waals surface area contributed by atoms with Gasteiger partial charge < -0.3 is 10.2 Å². The monoisotopic (exact) mass is 462 g/mol. The summed E-state index contributed by atoms with van der Waals surface area (Å²) in [7, 11) is 0. The van der Waals surface area contributed by atoms with E-state index in [0.717, 1.165) is 23.1 Å². The Morgan fingerprint density at radius 2 is 1.48 bits per heavy atom. The van der Waals surface area contributed by atoms with Crippen LogP contribution in [0.25, 0.3) is 0 Å². The first-order chi connectivity index (χ1) is 16.1. The van der Waals surface area contributed by atoms with Crippen molar-refractivity contribution in [3.63, 3.8) is 0 Å². The van der Waals surface area contributed by atoms with Gasteiger partial charge >= 0.3 is 0 Å². The second-order valence-corrected chi connectivity index (χ2v) is 8.50. The second-order valence-electron chi connectivity index (χ2n) is 8.10. The molecule has 5 heteroatoms. The molecule has 0 fully saturated rings. The van der Waals surface area contributed by atoms with Crippen LogP contribution in [0.3, 0.4) is 0 Å². The summed E-state index contributed by atoms with van der Waals surface area (Å²) < 4.78 is 0. The lowest BCUT2D eigenvalue weighted by Gasteiger charge is -2.31. The zero-order chi connectivity index (χ0) is 23.5. The largest absolute Gasteiger partial charge is 0.354 e. The molecule has 0 aromatic heterocycles. The van der Waals surface area contributed by atoms with Gasteiger partial charge in [-0.05, 0) is 35.6 Å². The van der Waals surface area contributed by atoms with Gasteiger partial charge in [-0.3, -0.25) is 9.59 Å². The molecule has 0 aliphatic rings. The summed E-state index contributed by atoms with van der Waals surface area (Å²) in [6.45, 7) is 2.97. The molecular formula is C28H31ClN2O2. The first kappa shape index (κ1) is 24.5. The summed E-state index contributed by atoms with van der Waals surface area (Å²) in [6.07, 6.45) is 2.10. The first-order valence-electron chi connectivity index (χ1n) is 11.5. The van der Waals surface area contributed by atoms with E-state index >= 15 is 0 Å². The Morgan fingerprint density at radius 3 is 2.12 bits per heavy atom. The highest BCUT2D eigenvalue weighted by Gasteiger charge is 2.30. The van der Waals surface area contributed by atoms with Crippen molar-refractivity contribution in [2.45, 2.75) is 45.2 Å². The molecule has 172 valence electrons. The van der Waals surface area contributed by atoms with Crippen LogP contribution < -0.4 is 5.32 Å². The van der Waals surface area contributed by atoms with E-state index in [0.29, 0.717) is 31.0 Å². The Morgan fingerprint density at radius 1 is 0.879 bits per heavy atom. The van der Waals surface area contributed by atoms with E-state index in [1.165, 1.54) is 0 Å². The molecule has 0 aliphatic carbocycles. The van der Waals surface area contributed by atoms with Gasteiger partial charge in [0.1, 0.15) is 6.04 Å². The van der Waals surface area contributed by atoms with Crippen molar-refractivity contribution in [3.8, 4) is 0 Å². The molecule has 0 heterocycles. The summed E-state index contributed by atoms with van der Waals surface area (Å²) >= 11 is 6.31. The van der Waals surface area contributed by atoms with Gasteiger partial charge in [0.25, 0.3) is 0 Å². The number of nitrogens with zero attached hydrogens (tertiary/aromatic N) is 1. The quantitative estimate of drug-likeness (QED) is 0.412. The SMILES string of the molecule is CCCNC(=O)[C@@H](Cc1ccccc1)N(Cc1ccccc1)C(=O)CCc1ccccc1Cl. The molecule has 0 saturated heterocycles. The molecule has 3 rings (SSSR count).